The van der Waals surface area contributed by atoms with E-state index in [9.17, 15) is 4.79 Å². The van der Waals surface area contributed by atoms with E-state index in [-0.39, 0.29) is 0 Å². The second kappa shape index (κ2) is 4.19. The predicted octanol–water partition coefficient (Wildman–Crippen LogP) is 1.75. The van der Waals surface area contributed by atoms with Crippen molar-refractivity contribution in [2.24, 2.45) is 11.7 Å². The molecular weight excluding hydrogens is 226 g/mol. The van der Waals surface area contributed by atoms with Gasteiger partial charge in [0.05, 0.1) is 11.4 Å². The largest absolute Gasteiger partial charge is 0.397 e. The summed E-state index contributed by atoms with van der Waals surface area (Å²) in [5.41, 5.74) is 13.7. The Kier molecular flexibility index (Phi) is 2.65. The summed E-state index contributed by atoms with van der Waals surface area (Å²) >= 11 is 0. The Morgan fingerprint density at radius 2 is 2.00 bits per heavy atom. The highest BCUT2D eigenvalue weighted by atomic mass is 16.1. The van der Waals surface area contributed by atoms with Crippen LogP contribution in [0.3, 0.4) is 0 Å². The van der Waals surface area contributed by atoms with Crippen LogP contribution >= 0.6 is 0 Å². The van der Waals surface area contributed by atoms with E-state index in [1.807, 2.05) is 6.07 Å². The van der Waals surface area contributed by atoms with Crippen LogP contribution in [0.15, 0.2) is 18.2 Å². The molecule has 0 radical (unpaired) electrons. The third kappa shape index (κ3) is 2.28. The van der Waals surface area contributed by atoms with Crippen molar-refractivity contribution in [2.45, 2.75) is 31.7 Å². The number of carbonyl (C=O) groups excluding carboxylic acids is 1. The van der Waals surface area contributed by atoms with E-state index in [1.54, 1.807) is 12.1 Å². The molecule has 2 fully saturated rings. The maximum atomic E-state index is 11.3. The summed E-state index contributed by atoms with van der Waals surface area (Å²) in [5.74, 6) is 0.417. The van der Waals surface area contributed by atoms with E-state index in [0.29, 0.717) is 11.6 Å². The van der Waals surface area contributed by atoms with Crippen LogP contribution in [0, 0.1) is 5.92 Å². The number of nitrogens with two attached hydrogens (primary N) is 2. The standard InChI is InChI=1S/C14H19N3O/c15-12-6-3-10(14(16)18)7-13(12)17(11-4-5-11)8-9-1-2-9/h3,6-7,9,11H,1-2,4-5,8,15H2,(H2,16,18). The lowest BCUT2D eigenvalue weighted by Crippen LogP contribution is -2.29. The Hall–Kier alpha value is -1.71. The number of carbonyl (C=O) groups is 1. The number of rotatable bonds is 5. The van der Waals surface area contributed by atoms with Crippen molar-refractivity contribution in [1.82, 2.24) is 0 Å². The van der Waals surface area contributed by atoms with Crippen LogP contribution in [0.1, 0.15) is 36.0 Å². The van der Waals surface area contributed by atoms with E-state index in [0.717, 1.165) is 23.8 Å². The third-order valence-corrected chi connectivity index (χ3v) is 3.76. The molecule has 1 aromatic rings. The maximum Gasteiger partial charge on any atom is 0.248 e. The summed E-state index contributed by atoms with van der Waals surface area (Å²) in [7, 11) is 0. The topological polar surface area (TPSA) is 72.3 Å². The molecule has 4 N–H and O–H groups in total. The Balaban J connectivity index is 1.90. The smallest absolute Gasteiger partial charge is 0.248 e. The molecular formula is C14H19N3O. The van der Waals surface area contributed by atoms with Gasteiger partial charge in [0.25, 0.3) is 0 Å². The van der Waals surface area contributed by atoms with E-state index in [4.69, 9.17) is 11.5 Å². The van der Waals surface area contributed by atoms with Crippen molar-refractivity contribution in [3.05, 3.63) is 23.8 Å². The van der Waals surface area contributed by atoms with Gasteiger partial charge in [-0.25, -0.2) is 0 Å². The molecule has 0 atom stereocenters. The molecule has 1 amide bonds. The van der Waals surface area contributed by atoms with Crippen molar-refractivity contribution in [2.75, 3.05) is 17.2 Å². The molecule has 0 bridgehead atoms. The molecule has 0 spiro atoms. The first kappa shape index (κ1) is 11.4. The van der Waals surface area contributed by atoms with E-state index >= 15 is 0 Å². The fourth-order valence-electron chi connectivity index (χ4n) is 2.35. The van der Waals surface area contributed by atoms with Gasteiger partial charge in [-0.2, -0.15) is 0 Å². The predicted molar refractivity (Wildman–Crippen MR) is 72.5 cm³/mol. The number of nitrogen functional groups attached to an aromatic ring is 1. The molecule has 4 heteroatoms. The normalized spacial score (nSPS) is 18.7. The zero-order valence-corrected chi connectivity index (χ0v) is 10.4. The number of benzene rings is 1. The SMILES string of the molecule is NC(=O)c1ccc(N)c(N(CC2CC2)C2CC2)c1. The Bertz CT molecular complexity index is 478. The Labute approximate surface area is 107 Å². The molecule has 2 aliphatic rings. The average Bonchev–Trinajstić information content (AvgIpc) is 3.20. The van der Waals surface area contributed by atoms with Gasteiger partial charge < -0.3 is 16.4 Å². The van der Waals surface area contributed by atoms with Crippen LogP contribution in [0.4, 0.5) is 11.4 Å². The summed E-state index contributed by atoms with van der Waals surface area (Å²) in [6.07, 6.45) is 5.09. The number of amides is 1. The minimum atomic E-state index is -0.390. The quantitative estimate of drug-likeness (QED) is 0.776. The van der Waals surface area contributed by atoms with E-state index in [2.05, 4.69) is 4.90 Å². The second-order valence-corrected chi connectivity index (χ2v) is 5.46. The molecule has 3 rings (SSSR count). The van der Waals surface area contributed by atoms with Crippen LogP contribution in [0.5, 0.6) is 0 Å². The van der Waals surface area contributed by atoms with Crippen molar-refractivity contribution in [3.63, 3.8) is 0 Å². The van der Waals surface area contributed by atoms with E-state index in [1.165, 1.54) is 25.7 Å². The van der Waals surface area contributed by atoms with Crippen molar-refractivity contribution in [1.29, 1.82) is 0 Å². The third-order valence-electron chi connectivity index (χ3n) is 3.76. The average molecular weight is 245 g/mol. The fourth-order valence-corrected chi connectivity index (χ4v) is 2.35. The lowest BCUT2D eigenvalue weighted by Gasteiger charge is -2.26. The summed E-state index contributed by atoms with van der Waals surface area (Å²) in [6, 6.07) is 5.94. The van der Waals surface area contributed by atoms with Gasteiger partial charge in [0.1, 0.15) is 0 Å². The summed E-state index contributed by atoms with van der Waals surface area (Å²) in [4.78, 5) is 13.6. The molecule has 18 heavy (non-hydrogen) atoms. The first-order chi connectivity index (χ1) is 8.65. The lowest BCUT2D eigenvalue weighted by atomic mass is 10.1. The van der Waals surface area contributed by atoms with Crippen molar-refractivity contribution >= 4 is 17.3 Å². The molecule has 4 nitrogen and oxygen atoms in total. The van der Waals surface area contributed by atoms with Crippen LogP contribution in [0.25, 0.3) is 0 Å². The molecule has 0 unspecified atom stereocenters. The number of primary amides is 1. The molecule has 0 saturated heterocycles. The summed E-state index contributed by atoms with van der Waals surface area (Å²) in [6.45, 7) is 1.07. The Morgan fingerprint density at radius 3 is 2.56 bits per heavy atom. The van der Waals surface area contributed by atoms with Gasteiger partial charge in [-0.15, -0.1) is 0 Å². The first-order valence-electron chi connectivity index (χ1n) is 6.61. The molecule has 0 aliphatic heterocycles. The first-order valence-corrected chi connectivity index (χ1v) is 6.61. The lowest BCUT2D eigenvalue weighted by molar-refractivity contribution is 0.100. The van der Waals surface area contributed by atoms with Gasteiger partial charge in [-0.1, -0.05) is 0 Å². The second-order valence-electron chi connectivity index (χ2n) is 5.46. The van der Waals surface area contributed by atoms with Gasteiger partial charge in [0.15, 0.2) is 0 Å². The Morgan fingerprint density at radius 1 is 1.28 bits per heavy atom. The van der Waals surface area contributed by atoms with Gasteiger partial charge in [-0.05, 0) is 49.8 Å². The van der Waals surface area contributed by atoms with Gasteiger partial charge >= 0.3 is 0 Å². The molecule has 0 aromatic heterocycles. The molecule has 96 valence electrons. The molecule has 1 aromatic carbocycles. The molecule has 0 heterocycles. The molecule has 2 saturated carbocycles. The minimum Gasteiger partial charge on any atom is -0.397 e. The van der Waals surface area contributed by atoms with Crippen LogP contribution in [-0.2, 0) is 0 Å². The number of anilines is 2. The number of hydrogen-bond acceptors (Lipinski definition) is 3. The van der Waals surface area contributed by atoms with Gasteiger partial charge in [0, 0.05) is 18.2 Å². The van der Waals surface area contributed by atoms with Crippen molar-refractivity contribution in [3.8, 4) is 0 Å². The monoisotopic (exact) mass is 245 g/mol. The number of nitrogens with zero attached hydrogens (tertiary/aromatic N) is 1. The molecule has 2 aliphatic carbocycles. The fraction of sp³-hybridized carbons (Fsp3) is 0.500. The zero-order chi connectivity index (χ0) is 12.7. The maximum absolute atomic E-state index is 11.3. The number of hydrogen-bond donors (Lipinski definition) is 2. The highest BCUT2D eigenvalue weighted by Crippen LogP contribution is 2.39. The van der Waals surface area contributed by atoms with Crippen LogP contribution in [0.2, 0.25) is 0 Å². The van der Waals surface area contributed by atoms with Gasteiger partial charge in [0.2, 0.25) is 5.91 Å². The minimum absolute atomic E-state index is 0.390. The summed E-state index contributed by atoms with van der Waals surface area (Å²) < 4.78 is 0. The van der Waals surface area contributed by atoms with Gasteiger partial charge in [-0.3, -0.25) is 4.79 Å². The van der Waals surface area contributed by atoms with Crippen LogP contribution in [-0.4, -0.2) is 18.5 Å². The van der Waals surface area contributed by atoms with E-state index < -0.39 is 5.91 Å². The zero-order valence-electron chi connectivity index (χ0n) is 10.4. The summed E-state index contributed by atoms with van der Waals surface area (Å²) in [5, 5.41) is 0. The highest BCUT2D eigenvalue weighted by molar-refractivity contribution is 5.95. The van der Waals surface area contributed by atoms with Crippen molar-refractivity contribution < 1.29 is 4.79 Å². The van der Waals surface area contributed by atoms with Crippen LogP contribution < -0.4 is 16.4 Å². The highest BCUT2D eigenvalue weighted by Gasteiger charge is 2.34.